The van der Waals surface area contributed by atoms with E-state index < -0.39 is 0 Å². The molecule has 0 amide bonds. The first-order valence-electron chi connectivity index (χ1n) is 7.26. The maximum Gasteiger partial charge on any atom is 0.151 e. The topological polar surface area (TPSA) is 41.3 Å². The summed E-state index contributed by atoms with van der Waals surface area (Å²) in [6, 6.07) is 2.09. The van der Waals surface area contributed by atoms with Gasteiger partial charge in [0, 0.05) is 12.6 Å². The quantitative estimate of drug-likeness (QED) is 0.789. The van der Waals surface area contributed by atoms with E-state index in [1.165, 1.54) is 38.8 Å². The molecule has 1 aromatic rings. The highest BCUT2D eigenvalue weighted by Crippen LogP contribution is 2.13. The lowest BCUT2D eigenvalue weighted by atomic mass is 10.2. The van der Waals surface area contributed by atoms with E-state index >= 15 is 0 Å². The van der Waals surface area contributed by atoms with Gasteiger partial charge in [-0.3, -0.25) is 4.90 Å². The highest BCUT2D eigenvalue weighted by molar-refractivity contribution is 5.05. The van der Waals surface area contributed by atoms with Crippen LogP contribution in [0.1, 0.15) is 50.5 Å². The SMILES string of the molecule is CCCNCc1cc(CN2CCCCCC2)on1. The van der Waals surface area contributed by atoms with Crippen molar-refractivity contribution in [2.45, 2.75) is 52.1 Å². The lowest BCUT2D eigenvalue weighted by Crippen LogP contribution is -2.23. The maximum absolute atomic E-state index is 5.41. The lowest BCUT2D eigenvalue weighted by molar-refractivity contribution is 0.238. The van der Waals surface area contributed by atoms with Crippen LogP contribution in [0.25, 0.3) is 0 Å². The van der Waals surface area contributed by atoms with Crippen molar-refractivity contribution in [1.29, 1.82) is 0 Å². The molecular formula is C14H25N3O. The third kappa shape index (κ3) is 4.42. The molecule has 2 rings (SSSR count). The number of rotatable bonds is 6. The number of hydrogen-bond donors (Lipinski definition) is 1. The van der Waals surface area contributed by atoms with E-state index in [4.69, 9.17) is 4.52 Å². The summed E-state index contributed by atoms with van der Waals surface area (Å²) in [5, 5.41) is 7.45. The van der Waals surface area contributed by atoms with Crippen molar-refractivity contribution in [3.8, 4) is 0 Å². The number of likely N-dealkylation sites (tertiary alicyclic amines) is 1. The zero-order valence-electron chi connectivity index (χ0n) is 11.5. The molecule has 0 radical (unpaired) electrons. The van der Waals surface area contributed by atoms with Gasteiger partial charge >= 0.3 is 0 Å². The van der Waals surface area contributed by atoms with Crippen LogP contribution >= 0.6 is 0 Å². The van der Waals surface area contributed by atoms with E-state index in [1.807, 2.05) is 0 Å². The van der Waals surface area contributed by atoms with Crippen LogP contribution in [0.4, 0.5) is 0 Å². The minimum absolute atomic E-state index is 0.817. The molecule has 0 aliphatic carbocycles. The second kappa shape index (κ2) is 7.54. The fourth-order valence-corrected chi connectivity index (χ4v) is 2.42. The minimum atomic E-state index is 0.817. The predicted octanol–water partition coefficient (Wildman–Crippen LogP) is 2.55. The molecule has 0 saturated carbocycles. The van der Waals surface area contributed by atoms with Crippen LogP contribution in [-0.4, -0.2) is 29.7 Å². The van der Waals surface area contributed by atoms with Crippen LogP contribution in [0.2, 0.25) is 0 Å². The fourth-order valence-electron chi connectivity index (χ4n) is 2.42. The van der Waals surface area contributed by atoms with Gasteiger partial charge in [-0.25, -0.2) is 0 Å². The van der Waals surface area contributed by atoms with Crippen molar-refractivity contribution >= 4 is 0 Å². The highest BCUT2D eigenvalue weighted by Gasteiger charge is 2.12. The summed E-state index contributed by atoms with van der Waals surface area (Å²) in [4.78, 5) is 2.48. The van der Waals surface area contributed by atoms with Gasteiger partial charge in [-0.15, -0.1) is 0 Å². The molecule has 1 saturated heterocycles. The molecule has 1 fully saturated rings. The summed E-state index contributed by atoms with van der Waals surface area (Å²) in [6.45, 7) is 7.33. The third-order valence-electron chi connectivity index (χ3n) is 3.42. The Hall–Kier alpha value is -0.870. The zero-order chi connectivity index (χ0) is 12.6. The van der Waals surface area contributed by atoms with Crippen LogP contribution < -0.4 is 5.32 Å². The first-order valence-corrected chi connectivity index (χ1v) is 7.26. The zero-order valence-corrected chi connectivity index (χ0v) is 11.5. The van der Waals surface area contributed by atoms with E-state index in [-0.39, 0.29) is 0 Å². The first-order chi connectivity index (χ1) is 8.88. The molecule has 102 valence electrons. The van der Waals surface area contributed by atoms with Crippen LogP contribution in [0.3, 0.4) is 0 Å². The normalized spacial score (nSPS) is 17.8. The van der Waals surface area contributed by atoms with E-state index in [0.29, 0.717) is 0 Å². The Labute approximate surface area is 110 Å². The number of nitrogens with one attached hydrogen (secondary N) is 1. The van der Waals surface area contributed by atoms with Gasteiger partial charge in [0.05, 0.1) is 12.2 Å². The van der Waals surface area contributed by atoms with Gasteiger partial charge in [-0.1, -0.05) is 24.9 Å². The molecule has 1 N–H and O–H groups in total. The first kappa shape index (κ1) is 13.6. The summed E-state index contributed by atoms with van der Waals surface area (Å²) in [7, 11) is 0. The van der Waals surface area contributed by atoms with E-state index in [2.05, 4.69) is 28.4 Å². The van der Waals surface area contributed by atoms with E-state index in [1.54, 1.807) is 0 Å². The van der Waals surface area contributed by atoms with Gasteiger partial charge in [-0.2, -0.15) is 0 Å². The minimum Gasteiger partial charge on any atom is -0.360 e. The summed E-state index contributed by atoms with van der Waals surface area (Å²) in [5.74, 6) is 1.00. The molecule has 4 heteroatoms. The summed E-state index contributed by atoms with van der Waals surface area (Å²) < 4.78 is 5.41. The molecule has 1 aromatic heterocycles. The van der Waals surface area contributed by atoms with E-state index in [9.17, 15) is 0 Å². The molecule has 4 nitrogen and oxygen atoms in total. The number of hydrogen-bond acceptors (Lipinski definition) is 4. The number of aromatic nitrogens is 1. The van der Waals surface area contributed by atoms with Crippen LogP contribution in [0, 0.1) is 0 Å². The van der Waals surface area contributed by atoms with Crippen LogP contribution in [-0.2, 0) is 13.1 Å². The van der Waals surface area contributed by atoms with Gasteiger partial charge in [0.15, 0.2) is 5.76 Å². The number of nitrogens with zero attached hydrogens (tertiary/aromatic N) is 2. The molecular weight excluding hydrogens is 226 g/mol. The Morgan fingerprint density at radius 3 is 2.78 bits per heavy atom. The highest BCUT2D eigenvalue weighted by atomic mass is 16.5. The second-order valence-corrected chi connectivity index (χ2v) is 5.15. The molecule has 0 spiro atoms. The van der Waals surface area contributed by atoms with Crippen molar-refractivity contribution < 1.29 is 4.52 Å². The molecule has 1 aliphatic heterocycles. The van der Waals surface area contributed by atoms with Gasteiger partial charge in [0.2, 0.25) is 0 Å². The monoisotopic (exact) mass is 251 g/mol. The molecule has 1 aliphatic rings. The summed E-state index contributed by atoms with van der Waals surface area (Å²) in [6.07, 6.45) is 6.54. The van der Waals surface area contributed by atoms with Gasteiger partial charge in [-0.05, 0) is 38.9 Å². The fraction of sp³-hybridized carbons (Fsp3) is 0.786. The lowest BCUT2D eigenvalue weighted by Gasteiger charge is -2.17. The Kier molecular flexibility index (Phi) is 5.68. The van der Waals surface area contributed by atoms with Crippen LogP contribution in [0.15, 0.2) is 10.6 Å². The largest absolute Gasteiger partial charge is 0.360 e. The van der Waals surface area contributed by atoms with Crippen molar-refractivity contribution in [1.82, 2.24) is 15.4 Å². The van der Waals surface area contributed by atoms with Crippen molar-refractivity contribution in [3.63, 3.8) is 0 Å². The summed E-state index contributed by atoms with van der Waals surface area (Å²) in [5.41, 5.74) is 1.02. The molecule has 0 aromatic carbocycles. The van der Waals surface area contributed by atoms with Gasteiger partial charge in [0.25, 0.3) is 0 Å². The Morgan fingerprint density at radius 1 is 1.28 bits per heavy atom. The van der Waals surface area contributed by atoms with Gasteiger partial charge in [0.1, 0.15) is 0 Å². The summed E-state index contributed by atoms with van der Waals surface area (Å²) >= 11 is 0. The average Bonchev–Trinajstić information content (AvgIpc) is 2.65. The standard InChI is InChI=1S/C14H25N3O/c1-2-7-15-11-13-10-14(18-16-13)12-17-8-5-3-4-6-9-17/h10,15H,2-9,11-12H2,1H3. The second-order valence-electron chi connectivity index (χ2n) is 5.15. The molecule has 18 heavy (non-hydrogen) atoms. The molecule has 2 heterocycles. The van der Waals surface area contributed by atoms with E-state index in [0.717, 1.165) is 37.5 Å². The van der Waals surface area contributed by atoms with Crippen molar-refractivity contribution in [2.24, 2.45) is 0 Å². The Balaban J connectivity index is 1.78. The Bertz CT molecular complexity index is 330. The van der Waals surface area contributed by atoms with Gasteiger partial charge < -0.3 is 9.84 Å². The maximum atomic E-state index is 5.41. The predicted molar refractivity (Wildman–Crippen MR) is 72.2 cm³/mol. The molecule has 0 unspecified atom stereocenters. The molecule has 0 atom stereocenters. The third-order valence-corrected chi connectivity index (χ3v) is 3.42. The average molecular weight is 251 g/mol. The Morgan fingerprint density at radius 2 is 2.06 bits per heavy atom. The molecule has 0 bridgehead atoms. The smallest absolute Gasteiger partial charge is 0.151 e. The van der Waals surface area contributed by atoms with Crippen molar-refractivity contribution in [3.05, 3.63) is 17.5 Å². The van der Waals surface area contributed by atoms with Crippen LogP contribution in [0.5, 0.6) is 0 Å². The van der Waals surface area contributed by atoms with Crippen molar-refractivity contribution in [2.75, 3.05) is 19.6 Å².